The predicted octanol–water partition coefficient (Wildman–Crippen LogP) is -3.46. The van der Waals surface area contributed by atoms with E-state index in [-0.39, 0.29) is 44.8 Å². The van der Waals surface area contributed by atoms with Gasteiger partial charge in [0.1, 0.15) is 66.6 Å². The first-order valence-corrected chi connectivity index (χ1v) is 27.7. The third-order valence-electron chi connectivity index (χ3n) is 16.2. The fourth-order valence-corrected chi connectivity index (χ4v) is 11.1. The maximum atomic E-state index is 14.3. The number of rotatable bonds is 21. The number of methoxy groups -OCH3 is 2. The smallest absolute Gasteiger partial charge is 0.335 e. The zero-order chi connectivity index (χ0) is 62.5. The number of likely N-dealkylation sites (N-methyl/N-ethyl adjacent to an activating group) is 1. The van der Waals surface area contributed by atoms with Crippen LogP contribution in [-0.4, -0.2) is 295 Å². The second-order valence-electron chi connectivity index (χ2n) is 23.1. The Morgan fingerprint density at radius 1 is 0.817 bits per heavy atom. The van der Waals surface area contributed by atoms with Crippen molar-refractivity contribution in [2.75, 3.05) is 61.5 Å². The number of hydrogen-bond acceptors (Lipinski definition) is 28. The molecule has 82 heavy (non-hydrogen) atoms. The quantitative estimate of drug-likeness (QED) is 0.0230. The molecule has 29 nitrogen and oxygen atoms in total. The van der Waals surface area contributed by atoms with Crippen molar-refractivity contribution in [2.24, 2.45) is 28.8 Å². The monoisotopic (exact) mass is 1190 g/mol. The van der Waals surface area contributed by atoms with Crippen molar-refractivity contribution in [3.63, 3.8) is 0 Å². The summed E-state index contributed by atoms with van der Waals surface area (Å²) < 4.78 is 58.1. The molecule has 0 spiro atoms. The number of carboxylic acids is 1. The van der Waals surface area contributed by atoms with Gasteiger partial charge < -0.3 is 129 Å². The molecule has 0 aromatic carbocycles. The Kier molecular flexibility index (Phi) is 29.2. The minimum atomic E-state index is -2.39. The lowest BCUT2D eigenvalue weighted by atomic mass is 9.73. The van der Waals surface area contributed by atoms with E-state index >= 15 is 0 Å². The Morgan fingerprint density at radius 3 is 2.00 bits per heavy atom. The van der Waals surface area contributed by atoms with Crippen molar-refractivity contribution < 1.29 is 133 Å². The van der Waals surface area contributed by atoms with Gasteiger partial charge in [-0.2, -0.15) is 0 Å². The second kappa shape index (κ2) is 32.5. The van der Waals surface area contributed by atoms with E-state index < -0.39 is 176 Å². The molecular weight excluding hydrogens is 1100 g/mol. The summed E-state index contributed by atoms with van der Waals surface area (Å²) in [5, 5.41) is 148. The molecule has 0 aromatic heterocycles. The van der Waals surface area contributed by atoms with Crippen LogP contribution in [0.3, 0.4) is 0 Å². The molecule has 4 fully saturated rings. The van der Waals surface area contributed by atoms with Crippen LogP contribution in [0.15, 0.2) is 5.16 Å². The third kappa shape index (κ3) is 18.5. The highest BCUT2D eigenvalue weighted by Gasteiger charge is 2.54. The average molecular weight is 1200 g/mol. The lowest BCUT2D eigenvalue weighted by Gasteiger charge is -2.49. The predicted molar refractivity (Wildman–Crippen MR) is 284 cm³/mol. The number of nitrogens with zero attached hydrogens (tertiary/aromatic N) is 2. The first-order valence-electron chi connectivity index (χ1n) is 27.7. The fourth-order valence-electron chi connectivity index (χ4n) is 11.1. The molecule has 27 atom stereocenters. The summed E-state index contributed by atoms with van der Waals surface area (Å²) in [6.45, 7) is 15.5. The molecule has 0 bridgehead atoms. The molecule has 0 unspecified atom stereocenters. The maximum absolute atomic E-state index is 14.3. The van der Waals surface area contributed by atoms with E-state index in [0.717, 1.165) is 0 Å². The van der Waals surface area contributed by atoms with Gasteiger partial charge >= 0.3 is 11.9 Å². The number of ether oxygens (including phenoxy) is 10. The Bertz CT molecular complexity index is 1940. The number of cyclic esters (lactones) is 1. The first kappa shape index (κ1) is 73.7. The van der Waals surface area contributed by atoms with Crippen molar-refractivity contribution in [2.45, 2.75) is 234 Å². The highest BCUT2D eigenvalue weighted by Crippen LogP contribution is 2.41. The standard InChI is InChI=1S/C41H76N2O15.C12H22O12/c1-15-29-41(10,49)34(45)24(4)31(42-53-21-52-17-16-50-13)22(2)19-39(8,48)36(58-38-32(44)28(43(11)12)18-23(3)54-38)25(5)33(26(6)37(47)56-29)57-30-20-40(9,51-14)35(46)27(7)55-30;13-1-3(15)10(7(18)8(19)11(21)22)24-12-9(20)6(17)5(16)4(2-14)23-12/h22-30,32-36,38,44-46,48-49H,15-21H2,1-14H3;3-10,12-20H,1-2H2,(H,21,22)/b42-31+;/t22-,23-,24+,25-,26-,27+,28+,29-,30+,32-,33+,34+,35+,36-,38+,39-,40-,41-;3-,4-,5+,6+,7-,8-,9-,10-,12+/m11/s1. The number of carboxylic acid groups (broad SMARTS) is 1. The van der Waals surface area contributed by atoms with Gasteiger partial charge in [0.05, 0.1) is 79.8 Å². The molecule has 0 aromatic rings. The number of aliphatic carboxylic acids is 1. The molecule has 4 aliphatic rings. The minimum absolute atomic E-state index is 0.0307. The van der Waals surface area contributed by atoms with E-state index in [1.165, 1.54) is 14.0 Å². The highest BCUT2D eigenvalue weighted by atomic mass is 16.7. The SMILES string of the molecule is CC[C@H]1OC(=O)[C@H](C)[C@@H](O[C@H]2C[C@@](C)(OC)[C@@H](O)[C@H](C)O2)[C@@H](C)[C@@H](O[C@@H]2O[C@H](C)C[C@H](N(C)C)[C@H]2O)[C@](C)(O)C[C@@H](C)/C(=N\OCOCCOC)[C@H](C)[C@H](O)[C@]1(C)O.O=C(O)[C@H](O)[C@@H](O)[C@H](O[C@@H]1O[C@H](CO)[C@H](O)[C@H](O)[C@H]1O)[C@H](O)CO. The number of aliphatic hydroxyl groups excluding tert-OH is 11. The van der Waals surface area contributed by atoms with Crippen LogP contribution in [0.4, 0.5) is 0 Å². The summed E-state index contributed by atoms with van der Waals surface area (Å²) in [7, 11) is 6.76. The van der Waals surface area contributed by atoms with Gasteiger partial charge in [0.2, 0.25) is 6.79 Å². The van der Waals surface area contributed by atoms with Gasteiger partial charge in [0.25, 0.3) is 0 Å². The van der Waals surface area contributed by atoms with E-state index in [2.05, 4.69) is 5.16 Å². The molecule has 4 saturated heterocycles. The van der Waals surface area contributed by atoms with Crippen molar-refractivity contribution in [3.8, 4) is 0 Å². The number of carbonyl (C=O) groups is 2. The second-order valence-corrected chi connectivity index (χ2v) is 23.1. The normalized spacial score (nSPS) is 42.9. The topological polar surface area (TPSA) is 434 Å². The maximum Gasteiger partial charge on any atom is 0.335 e. The van der Waals surface area contributed by atoms with Gasteiger partial charge in [-0.25, -0.2) is 4.79 Å². The molecule has 29 heteroatoms. The number of carbonyl (C=O) groups excluding carboxylic acids is 1. The lowest BCUT2D eigenvalue weighted by Crippen LogP contribution is -2.61. The molecule has 0 aliphatic carbocycles. The zero-order valence-corrected chi connectivity index (χ0v) is 49.7. The molecule has 0 saturated carbocycles. The van der Waals surface area contributed by atoms with Crippen LogP contribution in [0, 0.1) is 23.7 Å². The van der Waals surface area contributed by atoms with E-state index in [4.69, 9.17) is 67.5 Å². The fraction of sp³-hybridized carbons (Fsp3) is 0.943. The van der Waals surface area contributed by atoms with E-state index in [1.807, 2.05) is 32.8 Å². The van der Waals surface area contributed by atoms with Crippen LogP contribution < -0.4 is 0 Å². The molecule has 0 amide bonds. The van der Waals surface area contributed by atoms with Gasteiger partial charge in [-0.15, -0.1) is 0 Å². The Balaban J connectivity index is 0.000000612. The number of esters is 1. The minimum Gasteiger partial charge on any atom is -0.479 e. The Morgan fingerprint density at radius 2 is 1.45 bits per heavy atom. The van der Waals surface area contributed by atoms with Crippen LogP contribution in [0.5, 0.6) is 0 Å². The van der Waals surface area contributed by atoms with Crippen LogP contribution in [0.2, 0.25) is 0 Å². The zero-order valence-electron chi connectivity index (χ0n) is 49.7. The first-order chi connectivity index (χ1) is 38.1. The molecular formula is C53H98N2O27. The van der Waals surface area contributed by atoms with Gasteiger partial charge in [-0.3, -0.25) is 4.79 Å². The van der Waals surface area contributed by atoms with Crippen molar-refractivity contribution >= 4 is 17.7 Å². The summed E-state index contributed by atoms with van der Waals surface area (Å²) in [6, 6.07) is -0.328. The molecule has 482 valence electrons. The van der Waals surface area contributed by atoms with Crippen LogP contribution in [0.1, 0.15) is 94.9 Å². The highest BCUT2D eigenvalue weighted by molar-refractivity contribution is 5.88. The third-order valence-corrected chi connectivity index (χ3v) is 16.2. The van der Waals surface area contributed by atoms with Crippen LogP contribution >= 0.6 is 0 Å². The number of oxime groups is 1. The van der Waals surface area contributed by atoms with Crippen molar-refractivity contribution in [1.29, 1.82) is 0 Å². The van der Waals surface area contributed by atoms with E-state index in [0.29, 0.717) is 18.7 Å². The summed E-state index contributed by atoms with van der Waals surface area (Å²) in [6.07, 6.45) is -26.4. The molecule has 0 radical (unpaired) electrons. The summed E-state index contributed by atoms with van der Waals surface area (Å²) in [5.74, 6) is -5.98. The van der Waals surface area contributed by atoms with Gasteiger partial charge in [-0.1, -0.05) is 32.9 Å². The Labute approximate surface area is 479 Å². The molecule has 4 rings (SSSR count). The summed E-state index contributed by atoms with van der Waals surface area (Å²) in [5.41, 5.74) is -4.49. The van der Waals surface area contributed by atoms with E-state index in [9.17, 15) is 65.8 Å². The summed E-state index contributed by atoms with van der Waals surface area (Å²) in [4.78, 5) is 32.5. The van der Waals surface area contributed by atoms with Gasteiger partial charge in [0.15, 0.2) is 25.0 Å². The van der Waals surface area contributed by atoms with Crippen LogP contribution in [-0.2, 0) is 61.8 Å². The van der Waals surface area contributed by atoms with Gasteiger partial charge in [-0.05, 0) is 74.9 Å². The van der Waals surface area contributed by atoms with Crippen molar-refractivity contribution in [1.82, 2.24) is 4.90 Å². The van der Waals surface area contributed by atoms with Crippen molar-refractivity contribution in [3.05, 3.63) is 0 Å². The lowest BCUT2D eigenvalue weighted by molar-refractivity contribution is -0.326. The molecule has 4 aliphatic heterocycles. The number of aliphatic hydroxyl groups is 13. The summed E-state index contributed by atoms with van der Waals surface area (Å²) >= 11 is 0. The molecule has 4 heterocycles. The largest absolute Gasteiger partial charge is 0.479 e. The van der Waals surface area contributed by atoms with Crippen LogP contribution in [0.25, 0.3) is 0 Å². The Hall–Kier alpha value is -2.51. The van der Waals surface area contributed by atoms with Gasteiger partial charge in [0, 0.05) is 44.4 Å². The average Bonchev–Trinajstić information content (AvgIpc) is 3.43. The number of hydrogen-bond donors (Lipinski definition) is 14. The molecule has 14 N–H and O–H groups in total. The van der Waals surface area contributed by atoms with E-state index in [1.54, 1.807) is 55.6 Å².